The number of hydrogen-bond donors (Lipinski definition) is 1. The number of rotatable bonds is 5. The highest BCUT2D eigenvalue weighted by molar-refractivity contribution is 6.00. The van der Waals surface area contributed by atoms with Gasteiger partial charge in [0.15, 0.2) is 5.78 Å². The van der Waals surface area contributed by atoms with Crippen molar-refractivity contribution in [2.45, 2.75) is 39.7 Å². The topological polar surface area (TPSA) is 34.0 Å². The Kier molecular flexibility index (Phi) is 3.58. The summed E-state index contributed by atoms with van der Waals surface area (Å²) in [4.78, 5) is 12.5. The van der Waals surface area contributed by atoms with Crippen LogP contribution in [0.15, 0.2) is 30.3 Å². The number of Topliss-reactive ketones (excluding diaryl/α,β-unsaturated/α-hetero) is 1. The van der Waals surface area contributed by atoms with Crippen molar-refractivity contribution in [3.05, 3.63) is 52.8 Å². The summed E-state index contributed by atoms with van der Waals surface area (Å²) in [6.45, 7) is 6.55. The molecule has 0 saturated heterocycles. The fourth-order valence-corrected chi connectivity index (χ4v) is 2.99. The molecule has 1 fully saturated rings. The summed E-state index contributed by atoms with van der Waals surface area (Å²) in [5, 5.41) is 3.23. The molecule has 3 rings (SSSR count). The normalized spacial score (nSPS) is 14.2. The summed E-state index contributed by atoms with van der Waals surface area (Å²) >= 11 is 0. The van der Waals surface area contributed by atoms with Gasteiger partial charge in [0, 0.05) is 28.7 Å². The van der Waals surface area contributed by atoms with Crippen molar-refractivity contribution in [2.75, 3.05) is 11.9 Å². The highest BCUT2D eigenvalue weighted by Gasteiger charge is 2.28. The van der Waals surface area contributed by atoms with Crippen molar-refractivity contribution < 1.29 is 4.79 Å². The fraction of sp³-hybridized carbons (Fsp3) is 0.389. The molecule has 0 unspecified atom stereocenters. The monoisotopic (exact) mass is 282 g/mol. The fourth-order valence-electron chi connectivity index (χ4n) is 2.99. The van der Waals surface area contributed by atoms with Crippen LogP contribution in [0.5, 0.6) is 0 Å². The minimum Gasteiger partial charge on any atom is -0.378 e. The second kappa shape index (κ2) is 5.40. The molecule has 0 amide bonds. The van der Waals surface area contributed by atoms with Crippen LogP contribution in [-0.4, -0.2) is 16.9 Å². The van der Waals surface area contributed by atoms with Crippen LogP contribution in [-0.2, 0) is 0 Å². The first-order valence-electron chi connectivity index (χ1n) is 7.58. The standard InChI is InChI=1S/C18H22N2O/c1-12-5-4-6-15(9-12)19-11-18(21)17-10-13(2)20(14(17)3)16-7-8-16/h4-6,9-10,16,19H,7-8,11H2,1-3H3. The SMILES string of the molecule is Cc1cccc(NCC(=O)c2cc(C)n(C3CC3)c2C)c1. The van der Waals surface area contributed by atoms with Crippen LogP contribution in [0.1, 0.15) is 46.2 Å². The first-order chi connectivity index (χ1) is 10.1. The maximum absolute atomic E-state index is 12.5. The van der Waals surface area contributed by atoms with E-state index in [0.29, 0.717) is 12.6 Å². The molecule has 1 aromatic heterocycles. The number of aromatic nitrogens is 1. The smallest absolute Gasteiger partial charge is 0.183 e. The number of aryl methyl sites for hydroxylation is 2. The second-order valence-electron chi connectivity index (χ2n) is 6.03. The number of carbonyl (C=O) groups is 1. The Labute approximate surface area is 126 Å². The van der Waals surface area contributed by atoms with Gasteiger partial charge in [-0.2, -0.15) is 0 Å². The molecule has 0 aliphatic heterocycles. The molecule has 1 aliphatic carbocycles. The summed E-state index contributed by atoms with van der Waals surface area (Å²) in [5.74, 6) is 0.163. The lowest BCUT2D eigenvalue weighted by molar-refractivity contribution is 0.101. The van der Waals surface area contributed by atoms with E-state index in [2.05, 4.69) is 42.8 Å². The van der Waals surface area contributed by atoms with Crippen molar-refractivity contribution in [3.8, 4) is 0 Å². The van der Waals surface area contributed by atoms with E-state index in [-0.39, 0.29) is 5.78 Å². The molecule has 1 saturated carbocycles. The number of benzene rings is 1. The van der Waals surface area contributed by atoms with Gasteiger partial charge < -0.3 is 9.88 Å². The van der Waals surface area contributed by atoms with Crippen molar-refractivity contribution in [1.82, 2.24) is 4.57 Å². The molecule has 1 N–H and O–H groups in total. The third-order valence-electron chi connectivity index (χ3n) is 4.17. The van der Waals surface area contributed by atoms with Crippen LogP contribution in [0, 0.1) is 20.8 Å². The molecule has 3 heteroatoms. The van der Waals surface area contributed by atoms with E-state index in [0.717, 1.165) is 16.9 Å². The quantitative estimate of drug-likeness (QED) is 0.840. The van der Waals surface area contributed by atoms with E-state index in [1.54, 1.807) is 0 Å². The number of carbonyl (C=O) groups excluding carboxylic acids is 1. The highest BCUT2D eigenvalue weighted by Crippen LogP contribution is 2.38. The molecular formula is C18H22N2O. The molecular weight excluding hydrogens is 260 g/mol. The third kappa shape index (κ3) is 2.87. The molecule has 0 bridgehead atoms. The summed E-state index contributed by atoms with van der Waals surface area (Å²) in [7, 11) is 0. The predicted octanol–water partition coefficient (Wildman–Crippen LogP) is 4.04. The van der Waals surface area contributed by atoms with Gasteiger partial charge in [-0.15, -0.1) is 0 Å². The molecule has 1 aromatic carbocycles. The first-order valence-corrected chi connectivity index (χ1v) is 7.58. The molecule has 1 aliphatic rings. The van der Waals surface area contributed by atoms with Gasteiger partial charge in [-0.1, -0.05) is 12.1 Å². The lowest BCUT2D eigenvalue weighted by atomic mass is 10.1. The summed E-state index contributed by atoms with van der Waals surface area (Å²) < 4.78 is 2.32. The van der Waals surface area contributed by atoms with E-state index in [4.69, 9.17) is 0 Å². The number of ketones is 1. The van der Waals surface area contributed by atoms with Crippen LogP contribution < -0.4 is 5.32 Å². The molecule has 0 radical (unpaired) electrons. The Morgan fingerprint density at radius 2 is 2.00 bits per heavy atom. The Hall–Kier alpha value is -2.03. The van der Waals surface area contributed by atoms with Crippen molar-refractivity contribution in [1.29, 1.82) is 0 Å². The maximum atomic E-state index is 12.5. The van der Waals surface area contributed by atoms with Gasteiger partial charge in [0.05, 0.1) is 6.54 Å². The van der Waals surface area contributed by atoms with E-state index >= 15 is 0 Å². The summed E-state index contributed by atoms with van der Waals surface area (Å²) in [6.07, 6.45) is 2.48. The molecule has 2 aromatic rings. The Bertz CT molecular complexity index is 681. The maximum Gasteiger partial charge on any atom is 0.183 e. The minimum absolute atomic E-state index is 0.163. The zero-order valence-electron chi connectivity index (χ0n) is 12.9. The Morgan fingerprint density at radius 1 is 1.24 bits per heavy atom. The van der Waals surface area contributed by atoms with E-state index in [1.807, 2.05) is 18.2 Å². The zero-order chi connectivity index (χ0) is 15.0. The van der Waals surface area contributed by atoms with E-state index < -0.39 is 0 Å². The zero-order valence-corrected chi connectivity index (χ0v) is 12.9. The Balaban J connectivity index is 1.72. The van der Waals surface area contributed by atoms with Crippen LogP contribution in [0.2, 0.25) is 0 Å². The minimum atomic E-state index is 0.163. The number of nitrogens with zero attached hydrogens (tertiary/aromatic N) is 1. The number of anilines is 1. The van der Waals surface area contributed by atoms with Gasteiger partial charge in [0.25, 0.3) is 0 Å². The molecule has 21 heavy (non-hydrogen) atoms. The first kappa shape index (κ1) is 13.9. The van der Waals surface area contributed by atoms with Crippen LogP contribution in [0.25, 0.3) is 0 Å². The van der Waals surface area contributed by atoms with Gasteiger partial charge in [0.2, 0.25) is 0 Å². The average molecular weight is 282 g/mol. The van der Waals surface area contributed by atoms with Crippen LogP contribution in [0.4, 0.5) is 5.69 Å². The van der Waals surface area contributed by atoms with Crippen molar-refractivity contribution in [3.63, 3.8) is 0 Å². The molecule has 0 atom stereocenters. The molecule has 0 spiro atoms. The van der Waals surface area contributed by atoms with Crippen LogP contribution in [0.3, 0.4) is 0 Å². The molecule has 3 nitrogen and oxygen atoms in total. The highest BCUT2D eigenvalue weighted by atomic mass is 16.1. The lowest BCUT2D eigenvalue weighted by Gasteiger charge is -2.08. The molecule has 110 valence electrons. The average Bonchev–Trinajstić information content (AvgIpc) is 3.22. The van der Waals surface area contributed by atoms with Gasteiger partial charge in [0.1, 0.15) is 0 Å². The predicted molar refractivity (Wildman–Crippen MR) is 86.2 cm³/mol. The van der Waals surface area contributed by atoms with Gasteiger partial charge >= 0.3 is 0 Å². The molecule has 1 heterocycles. The summed E-state index contributed by atoms with van der Waals surface area (Å²) in [6, 6.07) is 10.8. The largest absolute Gasteiger partial charge is 0.378 e. The van der Waals surface area contributed by atoms with Gasteiger partial charge in [-0.25, -0.2) is 0 Å². The summed E-state index contributed by atoms with van der Waals surface area (Å²) in [5.41, 5.74) is 5.37. The number of nitrogens with one attached hydrogen (secondary N) is 1. The van der Waals surface area contributed by atoms with E-state index in [1.165, 1.54) is 24.1 Å². The third-order valence-corrected chi connectivity index (χ3v) is 4.17. The van der Waals surface area contributed by atoms with Crippen molar-refractivity contribution in [2.24, 2.45) is 0 Å². The van der Waals surface area contributed by atoms with Gasteiger partial charge in [-0.3, -0.25) is 4.79 Å². The van der Waals surface area contributed by atoms with Crippen molar-refractivity contribution >= 4 is 11.5 Å². The second-order valence-corrected chi connectivity index (χ2v) is 6.03. The van der Waals surface area contributed by atoms with Crippen LogP contribution >= 0.6 is 0 Å². The Morgan fingerprint density at radius 3 is 2.67 bits per heavy atom. The van der Waals surface area contributed by atoms with E-state index in [9.17, 15) is 4.79 Å². The number of hydrogen-bond acceptors (Lipinski definition) is 2. The van der Waals surface area contributed by atoms with Gasteiger partial charge in [-0.05, 0) is 57.4 Å². The lowest BCUT2D eigenvalue weighted by Crippen LogP contribution is -2.15.